The van der Waals surface area contributed by atoms with Crippen LogP contribution in [0.5, 0.6) is 11.5 Å². The molecule has 1 amide bonds. The standard InChI is InChI=1S/C22H24N4O5S/c1-16(22(27)24-14-17-5-3-4-6-19(17)25-10-9-23-15-25)26(32(2,28)29)18-7-8-20-21(13-18)31-12-11-30-20/h3-10,13,15-16H,11-12,14H2,1-2H3,(H,24,27)/t16-/m1/s1. The highest BCUT2D eigenvalue weighted by Gasteiger charge is 2.30. The summed E-state index contributed by atoms with van der Waals surface area (Å²) in [4.78, 5) is 17.0. The molecule has 1 N–H and O–H groups in total. The second kappa shape index (κ2) is 8.91. The first-order chi connectivity index (χ1) is 15.3. The molecule has 1 atom stereocenters. The molecule has 9 nitrogen and oxygen atoms in total. The van der Waals surface area contributed by atoms with Crippen LogP contribution in [0.4, 0.5) is 5.69 Å². The lowest BCUT2D eigenvalue weighted by Crippen LogP contribution is -2.47. The lowest BCUT2D eigenvalue weighted by Gasteiger charge is -2.29. The molecule has 32 heavy (non-hydrogen) atoms. The van der Waals surface area contributed by atoms with Gasteiger partial charge in [0.1, 0.15) is 19.3 Å². The lowest BCUT2D eigenvalue weighted by molar-refractivity contribution is -0.122. The lowest BCUT2D eigenvalue weighted by atomic mass is 10.1. The van der Waals surface area contributed by atoms with Crippen molar-refractivity contribution in [1.82, 2.24) is 14.9 Å². The first-order valence-corrected chi connectivity index (χ1v) is 11.9. The number of nitrogens with one attached hydrogen (secondary N) is 1. The highest BCUT2D eigenvalue weighted by atomic mass is 32.2. The Morgan fingerprint density at radius 3 is 2.66 bits per heavy atom. The van der Waals surface area contributed by atoms with E-state index in [-0.39, 0.29) is 6.54 Å². The molecule has 0 aliphatic carbocycles. The number of ether oxygens (including phenoxy) is 2. The zero-order valence-corrected chi connectivity index (χ0v) is 18.6. The molecule has 2 aromatic carbocycles. The Morgan fingerprint density at radius 1 is 1.19 bits per heavy atom. The van der Waals surface area contributed by atoms with Crippen LogP contribution in [-0.4, -0.2) is 49.4 Å². The number of carbonyl (C=O) groups is 1. The van der Waals surface area contributed by atoms with E-state index < -0.39 is 22.0 Å². The van der Waals surface area contributed by atoms with Gasteiger partial charge < -0.3 is 19.4 Å². The molecule has 0 radical (unpaired) electrons. The van der Waals surface area contributed by atoms with Gasteiger partial charge in [-0.25, -0.2) is 13.4 Å². The molecule has 1 aromatic heterocycles. The predicted octanol–water partition coefficient (Wildman–Crippen LogP) is 2.11. The Labute approximate surface area is 186 Å². The van der Waals surface area contributed by atoms with E-state index in [0.29, 0.717) is 30.4 Å². The van der Waals surface area contributed by atoms with Gasteiger partial charge in [-0.1, -0.05) is 18.2 Å². The molecule has 0 fully saturated rings. The van der Waals surface area contributed by atoms with E-state index in [1.165, 1.54) is 0 Å². The molecule has 2 heterocycles. The normalized spacial score (nSPS) is 13.9. The van der Waals surface area contributed by atoms with Crippen LogP contribution in [0, 0.1) is 0 Å². The molecule has 0 saturated carbocycles. The fourth-order valence-electron chi connectivity index (χ4n) is 3.62. The molecule has 1 aliphatic heterocycles. The topological polar surface area (TPSA) is 103 Å². The van der Waals surface area contributed by atoms with Gasteiger partial charge in [0, 0.05) is 25.0 Å². The second-order valence-corrected chi connectivity index (χ2v) is 9.24. The summed E-state index contributed by atoms with van der Waals surface area (Å²) in [7, 11) is -3.75. The molecule has 10 heteroatoms. The minimum absolute atomic E-state index is 0.232. The molecule has 168 valence electrons. The van der Waals surface area contributed by atoms with Crippen molar-refractivity contribution in [1.29, 1.82) is 0 Å². The van der Waals surface area contributed by atoms with Gasteiger partial charge in [-0.05, 0) is 30.7 Å². The van der Waals surface area contributed by atoms with E-state index >= 15 is 0 Å². The summed E-state index contributed by atoms with van der Waals surface area (Å²) in [5, 5.41) is 2.85. The maximum absolute atomic E-state index is 13.0. The third-order valence-corrected chi connectivity index (χ3v) is 6.34. The minimum atomic E-state index is -3.75. The van der Waals surface area contributed by atoms with Crippen LogP contribution >= 0.6 is 0 Å². The number of benzene rings is 2. The van der Waals surface area contributed by atoms with Crippen molar-refractivity contribution in [2.45, 2.75) is 19.5 Å². The molecule has 3 aromatic rings. The van der Waals surface area contributed by atoms with E-state index in [2.05, 4.69) is 10.3 Å². The molecule has 4 rings (SSSR count). The molecule has 0 bridgehead atoms. The summed E-state index contributed by atoms with van der Waals surface area (Å²) in [6.45, 7) is 2.59. The molecule has 1 aliphatic rings. The van der Waals surface area contributed by atoms with Gasteiger partial charge in [-0.2, -0.15) is 0 Å². The molecule has 0 spiro atoms. The zero-order valence-electron chi connectivity index (χ0n) is 17.8. The van der Waals surface area contributed by atoms with Crippen LogP contribution in [0.3, 0.4) is 0 Å². The smallest absolute Gasteiger partial charge is 0.243 e. The van der Waals surface area contributed by atoms with Crippen LogP contribution < -0.4 is 19.1 Å². The maximum Gasteiger partial charge on any atom is 0.243 e. The number of nitrogens with zero attached hydrogens (tertiary/aromatic N) is 3. The van der Waals surface area contributed by atoms with Crippen LogP contribution in [0.15, 0.2) is 61.2 Å². The minimum Gasteiger partial charge on any atom is -0.486 e. The summed E-state index contributed by atoms with van der Waals surface area (Å²) >= 11 is 0. The van der Waals surface area contributed by atoms with Gasteiger partial charge in [0.15, 0.2) is 11.5 Å². The Kier molecular flexibility index (Phi) is 6.04. The zero-order chi connectivity index (χ0) is 22.7. The highest BCUT2D eigenvalue weighted by molar-refractivity contribution is 7.92. The van der Waals surface area contributed by atoms with Gasteiger partial charge in [0.05, 0.1) is 24.0 Å². The first kappa shape index (κ1) is 21.7. The number of rotatable bonds is 7. The van der Waals surface area contributed by atoms with E-state index in [1.54, 1.807) is 37.6 Å². The number of aromatic nitrogens is 2. The number of imidazole rings is 1. The number of para-hydroxylation sites is 1. The third kappa shape index (κ3) is 4.54. The van der Waals surface area contributed by atoms with Crippen LogP contribution in [-0.2, 0) is 21.4 Å². The van der Waals surface area contributed by atoms with E-state index in [9.17, 15) is 13.2 Å². The average Bonchev–Trinajstić information content (AvgIpc) is 3.31. The van der Waals surface area contributed by atoms with Crippen LogP contribution in [0.1, 0.15) is 12.5 Å². The number of amides is 1. The SMILES string of the molecule is C[C@H](C(=O)NCc1ccccc1-n1ccnc1)N(c1ccc2c(c1)OCCO2)S(C)(=O)=O. The molecule has 0 saturated heterocycles. The van der Waals surface area contributed by atoms with Crippen LogP contribution in [0.2, 0.25) is 0 Å². The maximum atomic E-state index is 13.0. The summed E-state index contributed by atoms with van der Waals surface area (Å²) in [6.07, 6.45) is 6.24. The van der Waals surface area contributed by atoms with E-state index in [4.69, 9.17) is 9.47 Å². The third-order valence-electron chi connectivity index (χ3n) is 5.10. The van der Waals surface area contributed by atoms with E-state index in [1.807, 2.05) is 35.0 Å². The number of sulfonamides is 1. The first-order valence-electron chi connectivity index (χ1n) is 10.1. The quantitative estimate of drug-likeness (QED) is 0.584. The Hall–Kier alpha value is -3.53. The Bertz CT molecular complexity index is 1210. The summed E-state index contributed by atoms with van der Waals surface area (Å²) in [5.41, 5.74) is 2.08. The van der Waals surface area contributed by atoms with Gasteiger partial charge in [-0.15, -0.1) is 0 Å². The number of anilines is 1. The van der Waals surface area contributed by atoms with Crippen molar-refractivity contribution in [2.24, 2.45) is 0 Å². The molecular formula is C22H24N4O5S. The fraction of sp³-hybridized carbons (Fsp3) is 0.273. The fourth-order valence-corrected chi connectivity index (χ4v) is 4.79. The van der Waals surface area contributed by atoms with Gasteiger partial charge in [0.2, 0.25) is 15.9 Å². The van der Waals surface area contributed by atoms with Gasteiger partial charge in [0.25, 0.3) is 0 Å². The van der Waals surface area contributed by atoms with Gasteiger partial charge >= 0.3 is 0 Å². The average molecular weight is 457 g/mol. The van der Waals surface area contributed by atoms with Crippen molar-refractivity contribution in [2.75, 3.05) is 23.8 Å². The van der Waals surface area contributed by atoms with Gasteiger partial charge in [-0.3, -0.25) is 9.10 Å². The summed E-state index contributed by atoms with van der Waals surface area (Å²) < 4.78 is 39.2. The number of carbonyl (C=O) groups excluding carboxylic acids is 1. The Balaban J connectivity index is 1.54. The Morgan fingerprint density at radius 2 is 1.94 bits per heavy atom. The van der Waals surface area contributed by atoms with Crippen molar-refractivity contribution in [3.8, 4) is 17.2 Å². The second-order valence-electron chi connectivity index (χ2n) is 7.38. The van der Waals surface area contributed by atoms with Crippen molar-refractivity contribution >= 4 is 21.6 Å². The van der Waals surface area contributed by atoms with Crippen molar-refractivity contribution in [3.63, 3.8) is 0 Å². The number of hydrogen-bond acceptors (Lipinski definition) is 6. The largest absolute Gasteiger partial charge is 0.486 e. The van der Waals surface area contributed by atoms with Crippen molar-refractivity contribution < 1.29 is 22.7 Å². The molecule has 0 unspecified atom stereocenters. The monoisotopic (exact) mass is 456 g/mol. The van der Waals surface area contributed by atoms with Crippen molar-refractivity contribution in [3.05, 3.63) is 66.7 Å². The number of hydrogen-bond donors (Lipinski definition) is 1. The number of fused-ring (bicyclic) bond motifs is 1. The van der Waals surface area contributed by atoms with E-state index in [0.717, 1.165) is 21.8 Å². The summed E-state index contributed by atoms with van der Waals surface area (Å²) in [6, 6.07) is 11.4. The molecular weight excluding hydrogens is 432 g/mol. The van der Waals surface area contributed by atoms with Crippen LogP contribution in [0.25, 0.3) is 5.69 Å². The summed E-state index contributed by atoms with van der Waals surface area (Å²) in [5.74, 6) is 0.566. The predicted molar refractivity (Wildman–Crippen MR) is 120 cm³/mol. The highest BCUT2D eigenvalue weighted by Crippen LogP contribution is 2.35.